The van der Waals surface area contributed by atoms with Gasteiger partial charge >= 0.3 is 0 Å². The molecule has 0 atom stereocenters. The molecule has 2 N–H and O–H groups in total. The zero-order valence-electron chi connectivity index (χ0n) is 14.0. The first-order valence-corrected chi connectivity index (χ1v) is 9.23. The van der Waals surface area contributed by atoms with Crippen molar-refractivity contribution in [3.63, 3.8) is 0 Å². The highest BCUT2D eigenvalue weighted by molar-refractivity contribution is 4.52. The fourth-order valence-electron chi connectivity index (χ4n) is 2.58. The van der Waals surface area contributed by atoms with Gasteiger partial charge in [-0.05, 0) is 32.4 Å². The molecule has 0 rings (SSSR count). The molecule has 0 aliphatic heterocycles. The first kappa shape index (κ1) is 19.9. The Kier molecular flexibility index (Phi) is 18.8. The van der Waals surface area contributed by atoms with Gasteiger partial charge in [0, 0.05) is 6.61 Å². The zero-order valence-corrected chi connectivity index (χ0v) is 14.0. The Morgan fingerprint density at radius 2 is 0.950 bits per heavy atom. The Bertz CT molecular complexity index is 143. The molecule has 0 aliphatic carbocycles. The van der Waals surface area contributed by atoms with Crippen molar-refractivity contribution >= 4 is 0 Å². The molecule has 2 heteroatoms. The lowest BCUT2D eigenvalue weighted by molar-refractivity contribution is 0.282. The van der Waals surface area contributed by atoms with Gasteiger partial charge in [-0.3, -0.25) is 0 Å². The lowest BCUT2D eigenvalue weighted by atomic mass is 10.1. The Hall–Kier alpha value is -0.0800. The lowest BCUT2D eigenvalue weighted by Gasteiger charge is -2.05. The molecule has 0 saturated carbocycles. The second-order valence-electron chi connectivity index (χ2n) is 6.07. The summed E-state index contributed by atoms with van der Waals surface area (Å²) in [7, 11) is 0. The van der Waals surface area contributed by atoms with Gasteiger partial charge in [0.15, 0.2) is 0 Å². The van der Waals surface area contributed by atoms with E-state index in [0.717, 1.165) is 6.42 Å². The molecule has 0 aliphatic rings. The van der Waals surface area contributed by atoms with Crippen molar-refractivity contribution in [3.05, 3.63) is 0 Å². The predicted molar refractivity (Wildman–Crippen MR) is 90.3 cm³/mol. The van der Waals surface area contributed by atoms with Gasteiger partial charge in [-0.2, -0.15) is 0 Å². The van der Waals surface area contributed by atoms with Gasteiger partial charge in [0.1, 0.15) is 0 Å². The van der Waals surface area contributed by atoms with Gasteiger partial charge in [-0.1, -0.05) is 77.6 Å². The quantitative estimate of drug-likeness (QED) is 0.367. The smallest absolute Gasteiger partial charge is 0.0431 e. The van der Waals surface area contributed by atoms with Crippen molar-refractivity contribution in [3.8, 4) is 0 Å². The molecule has 20 heavy (non-hydrogen) atoms. The lowest BCUT2D eigenvalue weighted by Crippen LogP contribution is -2.16. The third-order valence-corrected chi connectivity index (χ3v) is 3.97. The van der Waals surface area contributed by atoms with Crippen LogP contribution in [0.4, 0.5) is 0 Å². The maximum Gasteiger partial charge on any atom is 0.0431 e. The van der Waals surface area contributed by atoms with Crippen molar-refractivity contribution < 1.29 is 5.11 Å². The van der Waals surface area contributed by atoms with Crippen LogP contribution in [0, 0.1) is 0 Å². The Morgan fingerprint density at radius 3 is 1.40 bits per heavy atom. The van der Waals surface area contributed by atoms with E-state index in [1.165, 1.54) is 96.6 Å². The number of hydrogen-bond donors (Lipinski definition) is 2. The molecular formula is C18H39NO. The van der Waals surface area contributed by atoms with E-state index in [-0.39, 0.29) is 0 Å². The number of hydrogen-bond acceptors (Lipinski definition) is 2. The average Bonchev–Trinajstić information content (AvgIpc) is 2.47. The molecule has 0 aromatic rings. The number of nitrogens with one attached hydrogen (secondary N) is 1. The molecule has 2 nitrogen and oxygen atoms in total. The largest absolute Gasteiger partial charge is 0.396 e. The van der Waals surface area contributed by atoms with Crippen LogP contribution in [0.1, 0.15) is 96.8 Å². The summed E-state index contributed by atoms with van der Waals surface area (Å²) in [5.41, 5.74) is 0. The predicted octanol–water partition coefficient (Wildman–Crippen LogP) is 5.05. The zero-order chi connectivity index (χ0) is 14.7. The molecule has 0 unspecified atom stereocenters. The minimum absolute atomic E-state index is 0.365. The number of unbranched alkanes of at least 4 members (excludes halogenated alkanes) is 12. The van der Waals surface area contributed by atoms with Crippen molar-refractivity contribution in [2.75, 3.05) is 19.7 Å². The van der Waals surface area contributed by atoms with Crippen molar-refractivity contribution in [1.29, 1.82) is 0 Å². The maximum absolute atomic E-state index is 8.67. The van der Waals surface area contributed by atoms with Crippen LogP contribution >= 0.6 is 0 Å². The van der Waals surface area contributed by atoms with E-state index in [2.05, 4.69) is 12.2 Å². The minimum atomic E-state index is 0.365. The minimum Gasteiger partial charge on any atom is -0.396 e. The monoisotopic (exact) mass is 285 g/mol. The van der Waals surface area contributed by atoms with Crippen LogP contribution in [0.3, 0.4) is 0 Å². The first-order valence-electron chi connectivity index (χ1n) is 9.23. The molecule has 0 amide bonds. The Balaban J connectivity index is 2.89. The highest BCUT2D eigenvalue weighted by Crippen LogP contribution is 2.08. The van der Waals surface area contributed by atoms with E-state index in [1.807, 2.05) is 0 Å². The molecule has 0 radical (unpaired) electrons. The summed E-state index contributed by atoms with van der Waals surface area (Å²) >= 11 is 0. The van der Waals surface area contributed by atoms with Crippen LogP contribution in [-0.2, 0) is 0 Å². The highest BCUT2D eigenvalue weighted by Gasteiger charge is 1.93. The van der Waals surface area contributed by atoms with Gasteiger partial charge in [0.25, 0.3) is 0 Å². The molecule has 0 fully saturated rings. The number of aliphatic hydroxyl groups is 1. The van der Waals surface area contributed by atoms with E-state index < -0.39 is 0 Å². The van der Waals surface area contributed by atoms with E-state index in [9.17, 15) is 0 Å². The first-order chi connectivity index (χ1) is 9.91. The molecule has 0 aromatic carbocycles. The topological polar surface area (TPSA) is 32.3 Å². The summed E-state index contributed by atoms with van der Waals surface area (Å²) in [6, 6.07) is 0. The normalized spacial score (nSPS) is 11.1. The SMILES string of the molecule is CCCCCCCCNCCCCCCCCCCO. The Morgan fingerprint density at radius 1 is 0.550 bits per heavy atom. The summed E-state index contributed by atoms with van der Waals surface area (Å²) in [4.78, 5) is 0. The Labute approximate surface area is 127 Å². The van der Waals surface area contributed by atoms with Crippen LogP contribution in [0.2, 0.25) is 0 Å². The van der Waals surface area contributed by atoms with Crippen molar-refractivity contribution in [1.82, 2.24) is 5.32 Å². The van der Waals surface area contributed by atoms with Crippen LogP contribution in [0.25, 0.3) is 0 Å². The molecule has 0 aromatic heterocycles. The van der Waals surface area contributed by atoms with Crippen LogP contribution in [0.5, 0.6) is 0 Å². The van der Waals surface area contributed by atoms with E-state index >= 15 is 0 Å². The van der Waals surface area contributed by atoms with Crippen LogP contribution in [-0.4, -0.2) is 24.8 Å². The number of aliphatic hydroxyl groups excluding tert-OH is 1. The third-order valence-electron chi connectivity index (χ3n) is 3.97. The second kappa shape index (κ2) is 18.9. The third kappa shape index (κ3) is 17.9. The average molecular weight is 286 g/mol. The molecule has 0 saturated heterocycles. The van der Waals surface area contributed by atoms with E-state index in [1.54, 1.807) is 0 Å². The molecular weight excluding hydrogens is 246 g/mol. The van der Waals surface area contributed by atoms with Crippen molar-refractivity contribution in [2.45, 2.75) is 96.8 Å². The van der Waals surface area contributed by atoms with Crippen LogP contribution in [0.15, 0.2) is 0 Å². The summed E-state index contributed by atoms with van der Waals surface area (Å²) < 4.78 is 0. The van der Waals surface area contributed by atoms with E-state index in [4.69, 9.17) is 5.11 Å². The van der Waals surface area contributed by atoms with E-state index in [0.29, 0.717) is 6.61 Å². The van der Waals surface area contributed by atoms with Gasteiger partial charge < -0.3 is 10.4 Å². The van der Waals surface area contributed by atoms with Crippen molar-refractivity contribution in [2.24, 2.45) is 0 Å². The standard InChI is InChI=1S/C18H39NO/c1-2-3-4-5-10-13-16-19-17-14-11-8-6-7-9-12-15-18-20/h19-20H,2-18H2,1H3. The summed E-state index contributed by atoms with van der Waals surface area (Å²) in [6.45, 7) is 5.06. The second-order valence-corrected chi connectivity index (χ2v) is 6.07. The fourth-order valence-corrected chi connectivity index (χ4v) is 2.58. The van der Waals surface area contributed by atoms with Gasteiger partial charge in [-0.15, -0.1) is 0 Å². The highest BCUT2D eigenvalue weighted by atomic mass is 16.2. The van der Waals surface area contributed by atoms with Gasteiger partial charge in [0.2, 0.25) is 0 Å². The molecule has 0 bridgehead atoms. The van der Waals surface area contributed by atoms with Gasteiger partial charge in [0.05, 0.1) is 0 Å². The molecule has 0 heterocycles. The maximum atomic E-state index is 8.67. The summed E-state index contributed by atoms with van der Waals surface area (Å²) in [5, 5.41) is 12.2. The van der Waals surface area contributed by atoms with Gasteiger partial charge in [-0.25, -0.2) is 0 Å². The summed E-state index contributed by atoms with van der Waals surface area (Å²) in [5.74, 6) is 0. The van der Waals surface area contributed by atoms with Crippen LogP contribution < -0.4 is 5.32 Å². The number of rotatable bonds is 17. The fraction of sp³-hybridized carbons (Fsp3) is 1.00. The summed E-state index contributed by atoms with van der Waals surface area (Å²) in [6.07, 6.45) is 18.7. The molecule has 0 spiro atoms. The molecule has 122 valence electrons.